The number of thiazole rings is 1. The fourth-order valence-electron chi connectivity index (χ4n) is 3.00. The second-order valence-electron chi connectivity index (χ2n) is 6.74. The third-order valence-corrected chi connectivity index (χ3v) is 5.66. The van der Waals surface area contributed by atoms with Gasteiger partial charge in [0.25, 0.3) is 11.8 Å². The maximum atomic E-state index is 13.0. The van der Waals surface area contributed by atoms with Crippen LogP contribution in [0.5, 0.6) is 5.75 Å². The summed E-state index contributed by atoms with van der Waals surface area (Å²) in [6.07, 6.45) is 0. The molecule has 0 bridgehead atoms. The van der Waals surface area contributed by atoms with E-state index in [0.717, 1.165) is 10.3 Å². The summed E-state index contributed by atoms with van der Waals surface area (Å²) in [5.74, 6) is -0.152. The van der Waals surface area contributed by atoms with E-state index in [1.807, 2.05) is 0 Å². The highest BCUT2D eigenvalue weighted by molar-refractivity contribution is 7.20. The minimum absolute atomic E-state index is 0.0463. The molecule has 2 aromatic carbocycles. The van der Waals surface area contributed by atoms with Gasteiger partial charge in [0, 0.05) is 19.6 Å². The first-order valence-corrected chi connectivity index (χ1v) is 10.3. The number of morpholine rings is 1. The molecule has 0 spiro atoms. The molecule has 7 nitrogen and oxygen atoms in total. The molecule has 0 atom stereocenters. The molecule has 1 saturated heterocycles. The largest absolute Gasteiger partial charge is 0.484 e. The Morgan fingerprint density at radius 1 is 1.17 bits per heavy atom. The molecular formula is C21H20FN3O4S. The van der Waals surface area contributed by atoms with Gasteiger partial charge in [-0.15, -0.1) is 11.3 Å². The van der Waals surface area contributed by atoms with Crippen molar-refractivity contribution in [3.8, 4) is 5.75 Å². The average molecular weight is 429 g/mol. The van der Waals surface area contributed by atoms with Gasteiger partial charge in [-0.3, -0.25) is 9.59 Å². The Labute approximate surface area is 176 Å². The smallest absolute Gasteiger partial charge is 0.280 e. The van der Waals surface area contributed by atoms with Crippen LogP contribution in [0.2, 0.25) is 0 Å². The van der Waals surface area contributed by atoms with Crippen molar-refractivity contribution in [3.63, 3.8) is 0 Å². The maximum absolute atomic E-state index is 13.0. The van der Waals surface area contributed by atoms with Gasteiger partial charge in [0.05, 0.1) is 23.4 Å². The SMILES string of the molecule is O=C(NCc1ccc(F)cc1)c1nc2ccc(OCC(=O)N3CCOCC3)cc2s1. The van der Waals surface area contributed by atoms with Crippen LogP contribution in [0.3, 0.4) is 0 Å². The minimum atomic E-state index is -0.319. The van der Waals surface area contributed by atoms with Crippen LogP contribution in [0.4, 0.5) is 4.39 Å². The van der Waals surface area contributed by atoms with Crippen LogP contribution >= 0.6 is 11.3 Å². The summed E-state index contributed by atoms with van der Waals surface area (Å²) in [5, 5.41) is 3.11. The molecule has 1 N–H and O–H groups in total. The molecule has 30 heavy (non-hydrogen) atoms. The lowest BCUT2D eigenvalue weighted by Gasteiger charge is -2.26. The molecule has 0 unspecified atom stereocenters. The van der Waals surface area contributed by atoms with E-state index in [0.29, 0.717) is 42.6 Å². The number of amides is 2. The number of rotatable bonds is 6. The highest BCUT2D eigenvalue weighted by Gasteiger charge is 2.18. The molecule has 3 aromatic rings. The third-order valence-electron chi connectivity index (χ3n) is 4.65. The predicted octanol–water partition coefficient (Wildman–Crippen LogP) is 2.60. The van der Waals surface area contributed by atoms with Crippen molar-refractivity contribution in [2.45, 2.75) is 6.54 Å². The van der Waals surface area contributed by atoms with Crippen LogP contribution < -0.4 is 10.1 Å². The highest BCUT2D eigenvalue weighted by Crippen LogP contribution is 2.26. The Bertz CT molecular complexity index is 1050. The van der Waals surface area contributed by atoms with Crippen molar-refractivity contribution in [2.24, 2.45) is 0 Å². The number of nitrogens with zero attached hydrogens (tertiary/aromatic N) is 2. The first kappa shape index (κ1) is 20.2. The molecule has 2 heterocycles. The van der Waals surface area contributed by atoms with Crippen molar-refractivity contribution in [1.29, 1.82) is 0 Å². The van der Waals surface area contributed by atoms with Crippen molar-refractivity contribution in [2.75, 3.05) is 32.9 Å². The summed E-state index contributed by atoms with van der Waals surface area (Å²) in [4.78, 5) is 30.7. The van der Waals surface area contributed by atoms with E-state index in [1.54, 1.807) is 35.2 Å². The van der Waals surface area contributed by atoms with Crippen molar-refractivity contribution >= 4 is 33.4 Å². The number of hydrogen-bond donors (Lipinski definition) is 1. The average Bonchev–Trinajstić information content (AvgIpc) is 3.21. The highest BCUT2D eigenvalue weighted by atomic mass is 32.1. The third kappa shape index (κ3) is 4.92. The molecule has 0 radical (unpaired) electrons. The Kier molecular flexibility index (Phi) is 6.20. The number of carbonyl (C=O) groups excluding carboxylic acids is 2. The summed E-state index contributed by atoms with van der Waals surface area (Å²) in [7, 11) is 0. The van der Waals surface area contributed by atoms with Gasteiger partial charge in [-0.1, -0.05) is 12.1 Å². The zero-order valence-corrected chi connectivity index (χ0v) is 16.9. The van der Waals surface area contributed by atoms with Crippen LogP contribution in [0.1, 0.15) is 15.4 Å². The zero-order chi connectivity index (χ0) is 20.9. The van der Waals surface area contributed by atoms with Crippen LogP contribution in [0, 0.1) is 5.82 Å². The number of aromatic nitrogens is 1. The van der Waals surface area contributed by atoms with Gasteiger partial charge in [0.2, 0.25) is 0 Å². The van der Waals surface area contributed by atoms with E-state index in [-0.39, 0.29) is 30.8 Å². The number of hydrogen-bond acceptors (Lipinski definition) is 6. The van der Waals surface area contributed by atoms with E-state index in [4.69, 9.17) is 9.47 Å². The Morgan fingerprint density at radius 2 is 1.93 bits per heavy atom. The summed E-state index contributed by atoms with van der Waals surface area (Å²) in [6.45, 7) is 2.48. The van der Waals surface area contributed by atoms with Crippen molar-refractivity contribution in [1.82, 2.24) is 15.2 Å². The second-order valence-corrected chi connectivity index (χ2v) is 7.77. The minimum Gasteiger partial charge on any atom is -0.484 e. The van der Waals surface area contributed by atoms with E-state index in [2.05, 4.69) is 10.3 Å². The normalized spacial score (nSPS) is 14.0. The number of nitrogens with one attached hydrogen (secondary N) is 1. The lowest BCUT2D eigenvalue weighted by Crippen LogP contribution is -2.42. The molecule has 156 valence electrons. The fraction of sp³-hybridized carbons (Fsp3) is 0.286. The molecule has 1 aliphatic rings. The standard InChI is InChI=1S/C21H20FN3O4S/c22-15-3-1-14(2-4-15)12-23-20(27)21-24-17-6-5-16(11-18(17)30-21)29-13-19(26)25-7-9-28-10-8-25/h1-6,11H,7-10,12-13H2,(H,23,27). The lowest BCUT2D eigenvalue weighted by molar-refractivity contribution is -0.137. The predicted molar refractivity (Wildman–Crippen MR) is 110 cm³/mol. The van der Waals surface area contributed by atoms with Gasteiger partial charge < -0.3 is 19.7 Å². The monoisotopic (exact) mass is 429 g/mol. The van der Waals surface area contributed by atoms with Crippen LogP contribution in [0.25, 0.3) is 10.2 Å². The molecule has 1 aromatic heterocycles. The van der Waals surface area contributed by atoms with Gasteiger partial charge in [-0.25, -0.2) is 9.37 Å². The van der Waals surface area contributed by atoms with Crippen LogP contribution in [0.15, 0.2) is 42.5 Å². The number of halogens is 1. The van der Waals surface area contributed by atoms with Crippen LogP contribution in [-0.2, 0) is 16.1 Å². The van der Waals surface area contributed by atoms with Crippen LogP contribution in [-0.4, -0.2) is 54.6 Å². The van der Waals surface area contributed by atoms with E-state index < -0.39 is 0 Å². The summed E-state index contributed by atoms with van der Waals surface area (Å²) in [5.41, 5.74) is 1.48. The second kappa shape index (κ2) is 9.19. The zero-order valence-electron chi connectivity index (χ0n) is 16.1. The maximum Gasteiger partial charge on any atom is 0.280 e. The topological polar surface area (TPSA) is 80.8 Å². The van der Waals surface area contributed by atoms with E-state index in [1.165, 1.54) is 23.5 Å². The van der Waals surface area contributed by atoms with Gasteiger partial charge in [-0.05, 0) is 35.9 Å². The molecule has 9 heteroatoms. The number of ether oxygens (including phenoxy) is 2. The van der Waals surface area contributed by atoms with Gasteiger partial charge >= 0.3 is 0 Å². The van der Waals surface area contributed by atoms with Crippen molar-refractivity contribution in [3.05, 3.63) is 58.9 Å². The Hall–Kier alpha value is -3.04. The molecule has 0 aliphatic carbocycles. The Balaban J connectivity index is 1.36. The summed E-state index contributed by atoms with van der Waals surface area (Å²) >= 11 is 1.24. The Morgan fingerprint density at radius 3 is 2.70 bits per heavy atom. The van der Waals surface area contributed by atoms with Gasteiger partial charge in [-0.2, -0.15) is 0 Å². The number of fused-ring (bicyclic) bond motifs is 1. The number of benzene rings is 2. The fourth-order valence-corrected chi connectivity index (χ4v) is 3.91. The van der Waals surface area contributed by atoms with Crippen molar-refractivity contribution < 1.29 is 23.5 Å². The molecule has 1 aliphatic heterocycles. The molecule has 4 rings (SSSR count). The number of carbonyl (C=O) groups is 2. The van der Waals surface area contributed by atoms with Gasteiger partial charge in [0.15, 0.2) is 11.6 Å². The molecule has 2 amide bonds. The lowest BCUT2D eigenvalue weighted by atomic mass is 10.2. The first-order valence-electron chi connectivity index (χ1n) is 9.50. The molecule has 0 saturated carbocycles. The van der Waals surface area contributed by atoms with E-state index >= 15 is 0 Å². The molecular weight excluding hydrogens is 409 g/mol. The summed E-state index contributed by atoms with van der Waals surface area (Å²) in [6, 6.07) is 11.2. The first-order chi connectivity index (χ1) is 14.6. The van der Waals surface area contributed by atoms with Gasteiger partial charge in [0.1, 0.15) is 11.6 Å². The summed E-state index contributed by atoms with van der Waals surface area (Å²) < 4.78 is 24.6. The molecule has 1 fully saturated rings. The quantitative estimate of drug-likeness (QED) is 0.652. The van der Waals surface area contributed by atoms with E-state index in [9.17, 15) is 14.0 Å².